The van der Waals surface area contributed by atoms with Gasteiger partial charge in [0.2, 0.25) is 0 Å². The van der Waals surface area contributed by atoms with Crippen LogP contribution in [0.25, 0.3) is 0 Å². The normalized spacial score (nSPS) is 10.5. The quantitative estimate of drug-likeness (QED) is 0.445. The van der Waals surface area contributed by atoms with Gasteiger partial charge in [0, 0.05) is 0 Å². The minimum absolute atomic E-state index is 0.957. The Morgan fingerprint density at radius 2 is 1.88 bits per heavy atom. The maximum absolute atomic E-state index is 4.05. The molecule has 0 aliphatic carbocycles. The van der Waals surface area contributed by atoms with E-state index < -0.39 is 0 Å². The lowest BCUT2D eigenvalue weighted by molar-refractivity contribution is 0.720. The third-order valence-corrected chi connectivity index (χ3v) is 1.45. The summed E-state index contributed by atoms with van der Waals surface area (Å²) in [6, 6.07) is 0. The first-order valence-corrected chi connectivity index (χ1v) is 3.90. The van der Waals surface area contributed by atoms with Crippen molar-refractivity contribution in [3.05, 3.63) is 4.58 Å². The average molecular weight is 149 g/mol. The number of thiol groups is 2. The molecule has 0 aliphatic rings. The molecule has 0 unspecified atom stereocenters. The molecule has 0 nitrogen and oxygen atoms in total. The Bertz CT molecular complexity index is 43.8. The predicted molar refractivity (Wildman–Crippen MR) is 45.4 cm³/mol. The summed E-state index contributed by atoms with van der Waals surface area (Å²) in [5.41, 5.74) is 0. The number of unbranched alkanes of at least 4 members (excludes halogenated alkanes) is 2. The largest absolute Gasteiger partial charge is 0.159 e. The fourth-order valence-electron chi connectivity index (χ4n) is 0.533. The van der Waals surface area contributed by atoms with E-state index in [0.717, 1.165) is 11.0 Å². The SMILES string of the molecule is CCCCC[C](S)S. The van der Waals surface area contributed by atoms with Crippen LogP contribution in [0.5, 0.6) is 0 Å². The maximum atomic E-state index is 4.05. The van der Waals surface area contributed by atoms with Gasteiger partial charge in [-0.05, 0) is 6.42 Å². The molecule has 1 radical (unpaired) electrons. The van der Waals surface area contributed by atoms with E-state index in [-0.39, 0.29) is 0 Å². The highest BCUT2D eigenvalue weighted by Gasteiger charge is 1.93. The van der Waals surface area contributed by atoms with Crippen LogP contribution in [0.1, 0.15) is 32.6 Å². The first kappa shape index (κ1) is 8.70. The molecule has 0 heterocycles. The van der Waals surface area contributed by atoms with Crippen molar-refractivity contribution < 1.29 is 0 Å². The first-order chi connectivity index (χ1) is 3.77. The minimum Gasteiger partial charge on any atom is -0.159 e. The van der Waals surface area contributed by atoms with Crippen molar-refractivity contribution in [2.75, 3.05) is 0 Å². The Morgan fingerprint density at radius 1 is 1.25 bits per heavy atom. The molecule has 0 atom stereocenters. The zero-order chi connectivity index (χ0) is 6.41. The van der Waals surface area contributed by atoms with E-state index in [0.29, 0.717) is 0 Å². The molecule has 8 heavy (non-hydrogen) atoms. The van der Waals surface area contributed by atoms with Gasteiger partial charge in [-0.1, -0.05) is 26.2 Å². The van der Waals surface area contributed by atoms with Crippen molar-refractivity contribution in [3.63, 3.8) is 0 Å². The molecule has 0 aromatic carbocycles. The topological polar surface area (TPSA) is 0 Å². The van der Waals surface area contributed by atoms with E-state index in [9.17, 15) is 0 Å². The molecular weight excluding hydrogens is 136 g/mol. The van der Waals surface area contributed by atoms with E-state index in [1.54, 1.807) is 0 Å². The molecule has 0 bridgehead atoms. The van der Waals surface area contributed by atoms with Crippen molar-refractivity contribution >= 4 is 25.3 Å². The lowest BCUT2D eigenvalue weighted by atomic mass is 10.2. The summed E-state index contributed by atoms with van der Waals surface area (Å²) < 4.78 is 0.957. The van der Waals surface area contributed by atoms with Crippen LogP contribution < -0.4 is 0 Å². The second-order valence-corrected chi connectivity index (χ2v) is 3.31. The smallest absolute Gasteiger partial charge is 0.0784 e. The highest BCUT2D eigenvalue weighted by Crippen LogP contribution is 2.18. The van der Waals surface area contributed by atoms with Crippen LogP contribution in [-0.4, -0.2) is 0 Å². The van der Waals surface area contributed by atoms with Gasteiger partial charge in [-0.25, -0.2) is 0 Å². The molecule has 0 saturated carbocycles. The average Bonchev–Trinajstić information content (AvgIpc) is 1.66. The Labute approximate surface area is 62.9 Å². The molecular formula is C6H13S2. The minimum atomic E-state index is 0.957. The lowest BCUT2D eigenvalue weighted by Gasteiger charge is -1.98. The highest BCUT2D eigenvalue weighted by molar-refractivity contribution is 8.03. The van der Waals surface area contributed by atoms with Gasteiger partial charge in [0.1, 0.15) is 0 Å². The standard InChI is InChI=1S/C6H13S2/c1-2-3-4-5-6(7)8/h7-8H,2-5H2,1H3. The van der Waals surface area contributed by atoms with E-state index in [1.165, 1.54) is 19.3 Å². The van der Waals surface area contributed by atoms with Gasteiger partial charge < -0.3 is 0 Å². The Balaban J connectivity index is 2.72. The molecule has 0 fully saturated rings. The fraction of sp³-hybridized carbons (Fsp3) is 0.833. The molecule has 0 spiro atoms. The Kier molecular flexibility index (Phi) is 6.34. The van der Waals surface area contributed by atoms with Gasteiger partial charge in [0.05, 0.1) is 4.58 Å². The summed E-state index contributed by atoms with van der Waals surface area (Å²) in [6.45, 7) is 2.19. The second-order valence-electron chi connectivity index (χ2n) is 1.87. The fourth-order valence-corrected chi connectivity index (χ4v) is 0.849. The molecule has 0 N–H and O–H groups in total. The summed E-state index contributed by atoms with van der Waals surface area (Å²) in [5, 5.41) is 0. The third-order valence-electron chi connectivity index (χ3n) is 1.00. The van der Waals surface area contributed by atoms with E-state index in [4.69, 9.17) is 0 Å². The summed E-state index contributed by atoms with van der Waals surface area (Å²) >= 11 is 8.10. The van der Waals surface area contributed by atoms with Crippen LogP contribution in [0.15, 0.2) is 0 Å². The molecule has 0 amide bonds. The number of hydrogen-bond donors (Lipinski definition) is 2. The molecule has 0 aliphatic heterocycles. The maximum Gasteiger partial charge on any atom is 0.0784 e. The van der Waals surface area contributed by atoms with Crippen molar-refractivity contribution in [2.24, 2.45) is 0 Å². The molecule has 49 valence electrons. The molecule has 0 rings (SSSR count). The van der Waals surface area contributed by atoms with Crippen molar-refractivity contribution in [2.45, 2.75) is 32.6 Å². The Hall–Kier alpha value is 0.700. The zero-order valence-electron chi connectivity index (χ0n) is 5.22. The summed E-state index contributed by atoms with van der Waals surface area (Å²) in [7, 11) is 0. The lowest BCUT2D eigenvalue weighted by Crippen LogP contribution is -1.77. The monoisotopic (exact) mass is 149 g/mol. The first-order valence-electron chi connectivity index (χ1n) is 3.01. The molecule has 0 saturated heterocycles. The van der Waals surface area contributed by atoms with Crippen molar-refractivity contribution in [3.8, 4) is 0 Å². The van der Waals surface area contributed by atoms with Crippen LogP contribution in [0, 0.1) is 4.58 Å². The molecule has 2 heteroatoms. The van der Waals surface area contributed by atoms with Crippen LogP contribution in [0.2, 0.25) is 0 Å². The summed E-state index contributed by atoms with van der Waals surface area (Å²) in [4.78, 5) is 0. The number of hydrogen-bond acceptors (Lipinski definition) is 2. The van der Waals surface area contributed by atoms with Gasteiger partial charge in [0.25, 0.3) is 0 Å². The van der Waals surface area contributed by atoms with Crippen LogP contribution >= 0.6 is 25.3 Å². The van der Waals surface area contributed by atoms with E-state index in [1.807, 2.05) is 0 Å². The van der Waals surface area contributed by atoms with Crippen LogP contribution in [0.3, 0.4) is 0 Å². The molecule has 0 aromatic heterocycles. The second kappa shape index (κ2) is 5.83. The van der Waals surface area contributed by atoms with Gasteiger partial charge >= 0.3 is 0 Å². The highest BCUT2D eigenvalue weighted by atomic mass is 32.2. The molecule has 0 aromatic rings. The van der Waals surface area contributed by atoms with Crippen molar-refractivity contribution in [1.29, 1.82) is 0 Å². The van der Waals surface area contributed by atoms with Crippen molar-refractivity contribution in [1.82, 2.24) is 0 Å². The van der Waals surface area contributed by atoms with E-state index >= 15 is 0 Å². The third kappa shape index (κ3) is 6.70. The van der Waals surface area contributed by atoms with Gasteiger partial charge in [0.15, 0.2) is 0 Å². The van der Waals surface area contributed by atoms with Gasteiger partial charge in [-0.15, -0.1) is 0 Å². The van der Waals surface area contributed by atoms with E-state index in [2.05, 4.69) is 32.2 Å². The van der Waals surface area contributed by atoms with Gasteiger partial charge in [-0.2, -0.15) is 25.3 Å². The Morgan fingerprint density at radius 3 is 2.25 bits per heavy atom. The predicted octanol–water partition coefficient (Wildman–Crippen LogP) is 2.92. The number of rotatable bonds is 4. The van der Waals surface area contributed by atoms with Gasteiger partial charge in [-0.3, -0.25) is 0 Å². The van der Waals surface area contributed by atoms with Crippen LogP contribution in [-0.2, 0) is 0 Å². The summed E-state index contributed by atoms with van der Waals surface area (Å²) in [6.07, 6.45) is 4.86. The van der Waals surface area contributed by atoms with Crippen LogP contribution in [0.4, 0.5) is 0 Å². The zero-order valence-corrected chi connectivity index (χ0v) is 7.01. The summed E-state index contributed by atoms with van der Waals surface area (Å²) in [5.74, 6) is 0.